The highest BCUT2D eigenvalue weighted by Gasteiger charge is 1.94. The number of methoxy groups -OCH3 is 1. The zero-order valence-electron chi connectivity index (χ0n) is 8.95. The van der Waals surface area contributed by atoms with Crippen molar-refractivity contribution in [2.24, 2.45) is 0 Å². The van der Waals surface area contributed by atoms with Crippen LogP contribution in [0, 0.1) is 0 Å². The van der Waals surface area contributed by atoms with Crippen molar-refractivity contribution in [1.29, 1.82) is 0 Å². The minimum Gasteiger partial charge on any atom is -0.496 e. The van der Waals surface area contributed by atoms with Crippen molar-refractivity contribution in [2.45, 2.75) is 13.8 Å². The van der Waals surface area contributed by atoms with Gasteiger partial charge in [-0.1, -0.05) is 42.0 Å². The summed E-state index contributed by atoms with van der Waals surface area (Å²) in [6.45, 7) is 4.15. The van der Waals surface area contributed by atoms with E-state index in [1.807, 2.05) is 36.4 Å². The van der Waals surface area contributed by atoms with Crippen LogP contribution in [0.1, 0.15) is 19.4 Å². The molecule has 1 heteroatoms. The minimum atomic E-state index is 0.908. The lowest BCUT2D eigenvalue weighted by atomic mass is 10.2. The van der Waals surface area contributed by atoms with Crippen molar-refractivity contribution in [2.75, 3.05) is 7.11 Å². The second-order valence-corrected chi connectivity index (χ2v) is 3.35. The maximum absolute atomic E-state index is 5.23. The maximum atomic E-state index is 5.23. The van der Waals surface area contributed by atoms with Gasteiger partial charge in [-0.15, -0.1) is 0 Å². The maximum Gasteiger partial charge on any atom is 0.126 e. The van der Waals surface area contributed by atoms with Gasteiger partial charge in [0.1, 0.15) is 5.75 Å². The summed E-state index contributed by atoms with van der Waals surface area (Å²) in [6, 6.07) is 7.97. The third-order valence-corrected chi connectivity index (χ3v) is 1.84. The van der Waals surface area contributed by atoms with Crippen LogP contribution in [0.15, 0.2) is 42.0 Å². The Bertz CT molecular complexity index is 344. The van der Waals surface area contributed by atoms with Crippen LogP contribution in [0.3, 0.4) is 0 Å². The van der Waals surface area contributed by atoms with Gasteiger partial charge in [-0.25, -0.2) is 0 Å². The summed E-state index contributed by atoms with van der Waals surface area (Å²) in [4.78, 5) is 0. The van der Waals surface area contributed by atoms with Crippen LogP contribution in [0.2, 0.25) is 0 Å². The fourth-order valence-electron chi connectivity index (χ4n) is 1.15. The average molecular weight is 188 g/mol. The Balaban J connectivity index is 2.85. The number of hydrogen-bond acceptors (Lipinski definition) is 1. The molecule has 0 bridgehead atoms. The zero-order valence-corrected chi connectivity index (χ0v) is 8.95. The van der Waals surface area contributed by atoms with Crippen LogP contribution in [0.4, 0.5) is 0 Å². The van der Waals surface area contributed by atoms with Gasteiger partial charge in [0.05, 0.1) is 7.11 Å². The van der Waals surface area contributed by atoms with Crippen LogP contribution in [-0.4, -0.2) is 7.11 Å². The van der Waals surface area contributed by atoms with Gasteiger partial charge in [-0.2, -0.15) is 0 Å². The Morgan fingerprint density at radius 1 is 1.21 bits per heavy atom. The fourth-order valence-corrected chi connectivity index (χ4v) is 1.15. The lowest BCUT2D eigenvalue weighted by molar-refractivity contribution is 0.414. The van der Waals surface area contributed by atoms with Crippen LogP contribution < -0.4 is 4.74 Å². The monoisotopic (exact) mass is 188 g/mol. The van der Waals surface area contributed by atoms with E-state index in [9.17, 15) is 0 Å². The predicted octanol–water partition coefficient (Wildman–Crippen LogP) is 3.67. The summed E-state index contributed by atoms with van der Waals surface area (Å²) in [5, 5.41) is 0. The molecule has 0 saturated carbocycles. The van der Waals surface area contributed by atoms with Crippen molar-refractivity contribution >= 4 is 6.08 Å². The van der Waals surface area contributed by atoms with Crippen molar-refractivity contribution in [3.63, 3.8) is 0 Å². The van der Waals surface area contributed by atoms with Gasteiger partial charge in [0.15, 0.2) is 0 Å². The summed E-state index contributed by atoms with van der Waals surface area (Å²) < 4.78 is 5.23. The van der Waals surface area contributed by atoms with E-state index in [-0.39, 0.29) is 0 Å². The second kappa shape index (κ2) is 5.28. The topological polar surface area (TPSA) is 9.23 Å². The summed E-state index contributed by atoms with van der Waals surface area (Å²) in [6.07, 6.45) is 6.16. The number of allylic oxidation sites excluding steroid dienone is 3. The molecule has 1 aromatic rings. The van der Waals surface area contributed by atoms with Gasteiger partial charge in [-0.3, -0.25) is 0 Å². The molecule has 0 aliphatic heterocycles. The van der Waals surface area contributed by atoms with E-state index in [0.717, 1.165) is 11.3 Å². The van der Waals surface area contributed by atoms with E-state index in [4.69, 9.17) is 4.74 Å². The Labute approximate surface area is 85.7 Å². The quantitative estimate of drug-likeness (QED) is 0.657. The third kappa shape index (κ3) is 3.09. The molecule has 0 N–H and O–H groups in total. The minimum absolute atomic E-state index is 0.908. The summed E-state index contributed by atoms with van der Waals surface area (Å²) >= 11 is 0. The highest BCUT2D eigenvalue weighted by Crippen LogP contribution is 2.18. The van der Waals surface area contributed by atoms with Crippen molar-refractivity contribution in [3.05, 3.63) is 47.6 Å². The molecular weight excluding hydrogens is 172 g/mol. The van der Waals surface area contributed by atoms with Crippen LogP contribution in [0.25, 0.3) is 6.08 Å². The number of benzene rings is 1. The largest absolute Gasteiger partial charge is 0.496 e. The first-order chi connectivity index (χ1) is 6.74. The summed E-state index contributed by atoms with van der Waals surface area (Å²) in [7, 11) is 1.69. The molecule has 0 atom stereocenters. The number of para-hydroxylation sites is 1. The predicted molar refractivity (Wildman–Crippen MR) is 61.5 cm³/mol. The van der Waals surface area contributed by atoms with Gasteiger partial charge in [0.2, 0.25) is 0 Å². The molecule has 0 fully saturated rings. The molecule has 0 heterocycles. The van der Waals surface area contributed by atoms with Crippen molar-refractivity contribution in [3.8, 4) is 5.75 Å². The van der Waals surface area contributed by atoms with E-state index < -0.39 is 0 Å². The molecule has 0 radical (unpaired) electrons. The smallest absolute Gasteiger partial charge is 0.126 e. The molecule has 0 aliphatic carbocycles. The Morgan fingerprint density at radius 3 is 2.57 bits per heavy atom. The molecule has 0 unspecified atom stereocenters. The SMILES string of the molecule is COc1ccccc1/C=C/C=C(C)C. The van der Waals surface area contributed by atoms with E-state index >= 15 is 0 Å². The first kappa shape index (κ1) is 10.6. The number of rotatable bonds is 3. The first-order valence-corrected chi connectivity index (χ1v) is 4.68. The van der Waals surface area contributed by atoms with Gasteiger partial charge in [-0.05, 0) is 19.9 Å². The molecule has 1 rings (SSSR count). The third-order valence-electron chi connectivity index (χ3n) is 1.84. The zero-order chi connectivity index (χ0) is 10.4. The molecule has 14 heavy (non-hydrogen) atoms. The molecule has 0 saturated heterocycles. The van der Waals surface area contributed by atoms with Gasteiger partial charge >= 0.3 is 0 Å². The summed E-state index contributed by atoms with van der Waals surface area (Å²) in [5.74, 6) is 0.908. The standard InChI is InChI=1S/C13H16O/c1-11(2)7-6-9-12-8-4-5-10-13(12)14-3/h4-10H,1-3H3/b9-6+. The molecule has 0 aromatic heterocycles. The molecular formula is C13H16O. The van der Waals surface area contributed by atoms with Gasteiger partial charge in [0.25, 0.3) is 0 Å². The van der Waals surface area contributed by atoms with Gasteiger partial charge < -0.3 is 4.74 Å². The van der Waals surface area contributed by atoms with Crippen molar-refractivity contribution < 1.29 is 4.74 Å². The average Bonchev–Trinajstić information content (AvgIpc) is 2.18. The molecule has 0 aliphatic rings. The fraction of sp³-hybridized carbons (Fsp3) is 0.231. The molecule has 1 nitrogen and oxygen atoms in total. The van der Waals surface area contributed by atoms with Crippen LogP contribution >= 0.6 is 0 Å². The molecule has 74 valence electrons. The Morgan fingerprint density at radius 2 is 1.93 bits per heavy atom. The van der Waals surface area contributed by atoms with Crippen LogP contribution in [-0.2, 0) is 0 Å². The lowest BCUT2D eigenvalue weighted by Crippen LogP contribution is -1.85. The highest BCUT2D eigenvalue weighted by atomic mass is 16.5. The van der Waals surface area contributed by atoms with Crippen LogP contribution in [0.5, 0.6) is 5.75 Å². The van der Waals surface area contributed by atoms with E-state index in [1.54, 1.807) is 7.11 Å². The normalized spacial score (nSPS) is 10.2. The van der Waals surface area contributed by atoms with Crippen molar-refractivity contribution in [1.82, 2.24) is 0 Å². The summed E-state index contributed by atoms with van der Waals surface area (Å²) in [5.41, 5.74) is 2.39. The second-order valence-electron chi connectivity index (χ2n) is 3.35. The Kier molecular flexibility index (Phi) is 3.99. The number of hydrogen-bond donors (Lipinski definition) is 0. The van der Waals surface area contributed by atoms with E-state index in [0.29, 0.717) is 0 Å². The highest BCUT2D eigenvalue weighted by molar-refractivity contribution is 5.58. The lowest BCUT2D eigenvalue weighted by Gasteiger charge is -2.02. The number of ether oxygens (including phenoxy) is 1. The molecule has 0 amide bonds. The van der Waals surface area contributed by atoms with Gasteiger partial charge in [0, 0.05) is 5.56 Å². The van der Waals surface area contributed by atoms with E-state index in [1.165, 1.54) is 5.57 Å². The van der Waals surface area contributed by atoms with E-state index in [2.05, 4.69) is 19.9 Å². The Hall–Kier alpha value is -1.50. The molecule has 1 aromatic carbocycles. The molecule has 0 spiro atoms. The first-order valence-electron chi connectivity index (χ1n) is 4.68.